The summed E-state index contributed by atoms with van der Waals surface area (Å²) in [5.41, 5.74) is 0.402. The van der Waals surface area contributed by atoms with E-state index < -0.39 is 17.8 Å². The Balaban J connectivity index is 1.74. The van der Waals surface area contributed by atoms with E-state index in [1.807, 2.05) is 6.08 Å². The van der Waals surface area contributed by atoms with Crippen LogP contribution < -0.4 is 10.1 Å². The molecule has 2 heterocycles. The van der Waals surface area contributed by atoms with Gasteiger partial charge in [0, 0.05) is 18.0 Å². The summed E-state index contributed by atoms with van der Waals surface area (Å²) in [6, 6.07) is 7.72. The molecule has 7 nitrogen and oxygen atoms in total. The van der Waals surface area contributed by atoms with Gasteiger partial charge in [-0.15, -0.1) is 0 Å². The zero-order valence-electron chi connectivity index (χ0n) is 13.0. The molecular formula is C18H13N3O4. The quantitative estimate of drug-likeness (QED) is 0.676. The van der Waals surface area contributed by atoms with Crippen LogP contribution in [0, 0.1) is 0 Å². The predicted molar refractivity (Wildman–Crippen MR) is 87.7 cm³/mol. The van der Waals surface area contributed by atoms with Crippen LogP contribution in [-0.4, -0.2) is 27.8 Å². The lowest BCUT2D eigenvalue weighted by molar-refractivity contribution is -0.130. The number of aromatic nitrogens is 2. The number of esters is 1. The van der Waals surface area contributed by atoms with Crippen molar-refractivity contribution in [2.45, 2.75) is 6.42 Å². The van der Waals surface area contributed by atoms with E-state index in [1.54, 1.807) is 24.3 Å². The van der Waals surface area contributed by atoms with Crippen molar-refractivity contribution >= 4 is 17.8 Å². The van der Waals surface area contributed by atoms with Gasteiger partial charge in [0.05, 0.1) is 0 Å². The summed E-state index contributed by atoms with van der Waals surface area (Å²) in [6.45, 7) is 0. The molecule has 0 aliphatic heterocycles. The first-order valence-electron chi connectivity index (χ1n) is 7.45. The van der Waals surface area contributed by atoms with Gasteiger partial charge in [0.2, 0.25) is 0 Å². The van der Waals surface area contributed by atoms with E-state index in [2.05, 4.69) is 15.3 Å². The van der Waals surface area contributed by atoms with Crippen LogP contribution in [0.15, 0.2) is 66.5 Å². The van der Waals surface area contributed by atoms with Gasteiger partial charge >= 0.3 is 5.97 Å². The fourth-order valence-electron chi connectivity index (χ4n) is 2.13. The number of carbonyl (C=O) groups excluding carboxylic acids is 3. The molecule has 7 heteroatoms. The highest BCUT2D eigenvalue weighted by molar-refractivity contribution is 6.10. The number of ether oxygens (including phenoxy) is 1. The van der Waals surface area contributed by atoms with Crippen molar-refractivity contribution in [2.24, 2.45) is 0 Å². The van der Waals surface area contributed by atoms with Crippen molar-refractivity contribution in [3.05, 3.63) is 77.9 Å². The molecule has 0 aromatic carbocycles. The lowest BCUT2D eigenvalue weighted by Crippen LogP contribution is -2.32. The minimum Gasteiger partial charge on any atom is -0.421 e. The first-order chi connectivity index (χ1) is 12.1. The highest BCUT2D eigenvalue weighted by atomic mass is 16.5. The number of amides is 2. The maximum atomic E-state index is 12.3. The maximum absolute atomic E-state index is 12.3. The number of nitrogens with one attached hydrogen (secondary N) is 1. The van der Waals surface area contributed by atoms with E-state index >= 15 is 0 Å². The average Bonchev–Trinajstić information content (AvgIpc) is 3.17. The van der Waals surface area contributed by atoms with E-state index in [0.29, 0.717) is 12.0 Å². The van der Waals surface area contributed by atoms with Crippen molar-refractivity contribution in [3.63, 3.8) is 0 Å². The molecule has 0 spiro atoms. The third-order valence-electron chi connectivity index (χ3n) is 3.35. The molecule has 0 bridgehead atoms. The van der Waals surface area contributed by atoms with Crippen LogP contribution in [0.3, 0.4) is 0 Å². The smallest absolute Gasteiger partial charge is 0.339 e. The zero-order valence-corrected chi connectivity index (χ0v) is 13.0. The fourth-order valence-corrected chi connectivity index (χ4v) is 2.13. The molecular weight excluding hydrogens is 322 g/mol. The lowest BCUT2D eigenvalue weighted by Gasteiger charge is -2.09. The van der Waals surface area contributed by atoms with Gasteiger partial charge < -0.3 is 4.74 Å². The molecule has 0 saturated heterocycles. The SMILES string of the molecule is O=C(Oc1cccnc1C(=O)NC(=O)c1ccccn1)C1=CC=CC1. The molecule has 2 amide bonds. The van der Waals surface area contributed by atoms with Crippen molar-refractivity contribution in [1.82, 2.24) is 15.3 Å². The Morgan fingerprint density at radius 3 is 2.56 bits per heavy atom. The molecule has 0 unspecified atom stereocenters. The Labute approximate surface area is 143 Å². The molecule has 124 valence electrons. The van der Waals surface area contributed by atoms with E-state index in [-0.39, 0.29) is 17.1 Å². The number of hydrogen-bond donors (Lipinski definition) is 1. The second-order valence-corrected chi connectivity index (χ2v) is 5.06. The molecule has 1 aliphatic carbocycles. The molecule has 3 rings (SSSR count). The van der Waals surface area contributed by atoms with Crippen LogP contribution in [0.4, 0.5) is 0 Å². The summed E-state index contributed by atoms with van der Waals surface area (Å²) in [5, 5.41) is 2.17. The maximum Gasteiger partial charge on any atom is 0.339 e. The van der Waals surface area contributed by atoms with E-state index in [1.165, 1.54) is 30.6 Å². The summed E-state index contributed by atoms with van der Waals surface area (Å²) < 4.78 is 5.24. The van der Waals surface area contributed by atoms with Gasteiger partial charge in [-0.3, -0.25) is 19.9 Å². The third kappa shape index (κ3) is 3.84. The van der Waals surface area contributed by atoms with Crippen molar-refractivity contribution < 1.29 is 19.1 Å². The van der Waals surface area contributed by atoms with E-state index in [0.717, 1.165) is 0 Å². The van der Waals surface area contributed by atoms with Crippen LogP contribution in [0.5, 0.6) is 5.75 Å². The van der Waals surface area contributed by atoms with Gasteiger partial charge in [-0.05, 0) is 30.7 Å². The van der Waals surface area contributed by atoms with Gasteiger partial charge in [-0.1, -0.05) is 24.3 Å². The Morgan fingerprint density at radius 1 is 1.00 bits per heavy atom. The number of pyridine rings is 2. The van der Waals surface area contributed by atoms with Crippen LogP contribution in [0.25, 0.3) is 0 Å². The van der Waals surface area contributed by atoms with Crippen LogP contribution in [0.1, 0.15) is 27.4 Å². The number of imide groups is 1. The monoisotopic (exact) mass is 335 g/mol. The number of rotatable bonds is 4. The molecule has 0 saturated carbocycles. The Kier molecular flexibility index (Phi) is 4.75. The van der Waals surface area contributed by atoms with E-state index in [9.17, 15) is 14.4 Å². The number of nitrogens with zero attached hydrogens (tertiary/aromatic N) is 2. The summed E-state index contributed by atoms with van der Waals surface area (Å²) in [6.07, 6.45) is 8.49. The molecule has 0 atom stereocenters. The molecule has 0 radical (unpaired) electrons. The second kappa shape index (κ2) is 7.31. The summed E-state index contributed by atoms with van der Waals surface area (Å²) >= 11 is 0. The molecule has 2 aromatic rings. The summed E-state index contributed by atoms with van der Waals surface area (Å²) in [7, 11) is 0. The predicted octanol–water partition coefficient (Wildman–Crippen LogP) is 1.84. The largest absolute Gasteiger partial charge is 0.421 e. The summed E-state index contributed by atoms with van der Waals surface area (Å²) in [5.74, 6) is -2.04. The molecule has 1 aliphatic rings. The van der Waals surface area contributed by atoms with Crippen molar-refractivity contribution in [2.75, 3.05) is 0 Å². The minimum atomic E-state index is -0.780. The highest BCUT2D eigenvalue weighted by Gasteiger charge is 2.21. The van der Waals surface area contributed by atoms with Gasteiger partial charge in [-0.2, -0.15) is 0 Å². The van der Waals surface area contributed by atoms with Gasteiger partial charge in [0.1, 0.15) is 5.69 Å². The van der Waals surface area contributed by atoms with Crippen LogP contribution in [0.2, 0.25) is 0 Å². The third-order valence-corrected chi connectivity index (χ3v) is 3.35. The van der Waals surface area contributed by atoms with Crippen molar-refractivity contribution in [3.8, 4) is 5.75 Å². The minimum absolute atomic E-state index is 0.0216. The lowest BCUT2D eigenvalue weighted by atomic mass is 10.2. The molecule has 2 aromatic heterocycles. The molecule has 0 fully saturated rings. The molecule has 25 heavy (non-hydrogen) atoms. The Morgan fingerprint density at radius 2 is 1.84 bits per heavy atom. The number of allylic oxidation sites excluding steroid dienone is 3. The first kappa shape index (κ1) is 16.3. The van der Waals surface area contributed by atoms with Gasteiger partial charge in [-0.25, -0.2) is 9.78 Å². The van der Waals surface area contributed by atoms with Crippen LogP contribution >= 0.6 is 0 Å². The number of hydrogen-bond acceptors (Lipinski definition) is 6. The fraction of sp³-hybridized carbons (Fsp3) is 0.0556. The van der Waals surface area contributed by atoms with Crippen LogP contribution in [-0.2, 0) is 4.79 Å². The number of carbonyl (C=O) groups is 3. The normalized spacial score (nSPS) is 12.4. The Hall–Kier alpha value is -3.61. The standard InChI is InChI=1S/C18H13N3O4/c22-16(13-8-3-4-10-19-13)21-17(23)15-14(9-5-11-20-15)25-18(24)12-6-1-2-7-12/h1-6,8-11H,7H2,(H,21,22,23). The second-order valence-electron chi connectivity index (χ2n) is 5.06. The summed E-state index contributed by atoms with van der Waals surface area (Å²) in [4.78, 5) is 44.2. The van der Waals surface area contributed by atoms with Gasteiger partial charge in [0.25, 0.3) is 11.8 Å². The average molecular weight is 335 g/mol. The Bertz CT molecular complexity index is 888. The van der Waals surface area contributed by atoms with Gasteiger partial charge in [0.15, 0.2) is 11.4 Å². The first-order valence-corrected chi connectivity index (χ1v) is 7.45. The van der Waals surface area contributed by atoms with E-state index in [4.69, 9.17) is 4.74 Å². The molecule has 1 N–H and O–H groups in total. The highest BCUT2D eigenvalue weighted by Crippen LogP contribution is 2.19. The zero-order chi connectivity index (χ0) is 17.6. The van der Waals surface area contributed by atoms with Crippen molar-refractivity contribution in [1.29, 1.82) is 0 Å². The topological polar surface area (TPSA) is 98.2 Å².